The van der Waals surface area contributed by atoms with E-state index in [1.54, 1.807) is 0 Å². The average molecular weight is 295 g/mol. The number of aliphatic imine (C=N–C) groups is 1. The van der Waals surface area contributed by atoms with Gasteiger partial charge in [0, 0.05) is 43.2 Å². The molecule has 3 nitrogen and oxygen atoms in total. The van der Waals surface area contributed by atoms with Crippen molar-refractivity contribution in [2.24, 2.45) is 10.9 Å². The zero-order chi connectivity index (χ0) is 16.2. The summed E-state index contributed by atoms with van der Waals surface area (Å²) in [5.74, 6) is 3.10. The van der Waals surface area contributed by atoms with Crippen LogP contribution < -0.4 is 10.2 Å². The first-order valence-corrected chi connectivity index (χ1v) is 7.65. The van der Waals surface area contributed by atoms with Gasteiger partial charge in [-0.05, 0) is 30.0 Å². The first-order valence-electron chi connectivity index (χ1n) is 7.65. The SMILES string of the molecule is C#C/C1=C/NC/N=C\C(C)(c2ccc(N(C)C)cc2)CC1C. The number of nitrogens with one attached hydrogen (secondary N) is 1. The summed E-state index contributed by atoms with van der Waals surface area (Å²) in [6.07, 6.45) is 10.6. The minimum atomic E-state index is -0.119. The second kappa shape index (κ2) is 6.70. The predicted molar refractivity (Wildman–Crippen MR) is 95.3 cm³/mol. The van der Waals surface area contributed by atoms with Crippen molar-refractivity contribution < 1.29 is 0 Å². The Morgan fingerprint density at radius 1 is 1.32 bits per heavy atom. The minimum absolute atomic E-state index is 0.119. The Labute approximate surface area is 134 Å². The maximum atomic E-state index is 5.64. The van der Waals surface area contributed by atoms with Crippen molar-refractivity contribution in [1.29, 1.82) is 0 Å². The molecule has 116 valence electrons. The first kappa shape index (κ1) is 16.2. The van der Waals surface area contributed by atoms with Crippen LogP contribution in [-0.4, -0.2) is 27.0 Å². The summed E-state index contributed by atoms with van der Waals surface area (Å²) in [4.78, 5) is 6.63. The third-order valence-electron chi connectivity index (χ3n) is 4.29. The van der Waals surface area contributed by atoms with Gasteiger partial charge >= 0.3 is 0 Å². The topological polar surface area (TPSA) is 27.6 Å². The fourth-order valence-electron chi connectivity index (χ4n) is 2.91. The standard InChI is InChI=1S/C19H25N3/c1-6-16-12-20-14-21-13-19(3,11-15(16)2)17-7-9-18(10-8-17)22(4)5/h1,7-10,12-13,15,20H,11,14H2,2-5H3/b16-12-,21-13-. The Morgan fingerprint density at radius 3 is 2.59 bits per heavy atom. The number of benzene rings is 1. The molecular formula is C19H25N3. The molecule has 2 rings (SSSR count). The molecule has 2 atom stereocenters. The van der Waals surface area contributed by atoms with E-state index in [-0.39, 0.29) is 5.41 Å². The zero-order valence-corrected chi connectivity index (χ0v) is 13.9. The molecule has 1 aromatic carbocycles. The summed E-state index contributed by atoms with van der Waals surface area (Å²) < 4.78 is 0. The van der Waals surface area contributed by atoms with Crippen LogP contribution in [0.25, 0.3) is 0 Å². The lowest BCUT2D eigenvalue weighted by Gasteiger charge is -2.29. The van der Waals surface area contributed by atoms with Gasteiger partial charge in [0.1, 0.15) is 6.67 Å². The van der Waals surface area contributed by atoms with E-state index in [0.29, 0.717) is 12.6 Å². The van der Waals surface area contributed by atoms with Crippen molar-refractivity contribution in [3.8, 4) is 12.3 Å². The summed E-state index contributed by atoms with van der Waals surface area (Å²) in [6.45, 7) is 4.97. The van der Waals surface area contributed by atoms with Crippen molar-refractivity contribution >= 4 is 11.9 Å². The van der Waals surface area contributed by atoms with E-state index in [1.807, 2.05) is 6.20 Å². The molecule has 1 aliphatic heterocycles. The van der Waals surface area contributed by atoms with E-state index >= 15 is 0 Å². The third-order valence-corrected chi connectivity index (χ3v) is 4.29. The molecule has 0 radical (unpaired) electrons. The number of nitrogens with zero attached hydrogens (tertiary/aromatic N) is 2. The number of anilines is 1. The van der Waals surface area contributed by atoms with Crippen LogP contribution in [0.5, 0.6) is 0 Å². The highest BCUT2D eigenvalue weighted by molar-refractivity contribution is 5.73. The van der Waals surface area contributed by atoms with Crippen LogP contribution in [0, 0.1) is 18.3 Å². The number of hydrogen-bond acceptors (Lipinski definition) is 3. The van der Waals surface area contributed by atoms with Gasteiger partial charge in [0.05, 0.1) is 0 Å². The molecule has 1 aliphatic rings. The highest BCUT2D eigenvalue weighted by Gasteiger charge is 2.28. The van der Waals surface area contributed by atoms with Crippen LogP contribution >= 0.6 is 0 Å². The van der Waals surface area contributed by atoms with Gasteiger partial charge in [-0.3, -0.25) is 4.99 Å². The fourth-order valence-corrected chi connectivity index (χ4v) is 2.91. The van der Waals surface area contributed by atoms with Gasteiger partial charge in [0.25, 0.3) is 0 Å². The summed E-state index contributed by atoms with van der Waals surface area (Å²) in [6, 6.07) is 8.70. The van der Waals surface area contributed by atoms with E-state index in [9.17, 15) is 0 Å². The van der Waals surface area contributed by atoms with Gasteiger partial charge in [-0.2, -0.15) is 0 Å². The predicted octanol–water partition coefficient (Wildman–Crippen LogP) is 3.19. The quantitative estimate of drug-likeness (QED) is 0.849. The van der Waals surface area contributed by atoms with E-state index in [1.165, 1.54) is 11.3 Å². The Bertz CT molecular complexity index is 605. The van der Waals surface area contributed by atoms with Gasteiger partial charge in [-0.25, -0.2) is 0 Å². The van der Waals surface area contributed by atoms with E-state index in [2.05, 4.69) is 79.6 Å². The molecular weight excluding hydrogens is 270 g/mol. The largest absolute Gasteiger partial charge is 0.378 e. The highest BCUT2D eigenvalue weighted by atomic mass is 15.1. The van der Waals surface area contributed by atoms with Gasteiger partial charge in [-0.15, -0.1) is 6.42 Å². The van der Waals surface area contributed by atoms with Crippen LogP contribution in [0.2, 0.25) is 0 Å². The van der Waals surface area contributed by atoms with E-state index < -0.39 is 0 Å². The Morgan fingerprint density at radius 2 is 2.00 bits per heavy atom. The summed E-state index contributed by atoms with van der Waals surface area (Å²) in [5, 5.41) is 3.16. The number of terminal acetylenes is 1. The lowest BCUT2D eigenvalue weighted by molar-refractivity contribution is 0.494. The molecule has 0 aromatic heterocycles. The van der Waals surface area contributed by atoms with Crippen LogP contribution in [-0.2, 0) is 5.41 Å². The van der Waals surface area contributed by atoms with Gasteiger partial charge in [-0.1, -0.05) is 31.9 Å². The smallest absolute Gasteiger partial charge is 0.106 e. The van der Waals surface area contributed by atoms with Crippen LogP contribution in [0.15, 0.2) is 41.0 Å². The molecule has 3 heteroatoms. The molecule has 0 fully saturated rings. The van der Waals surface area contributed by atoms with Crippen molar-refractivity contribution in [3.63, 3.8) is 0 Å². The fraction of sp³-hybridized carbons (Fsp3) is 0.421. The molecule has 1 N–H and O–H groups in total. The minimum Gasteiger partial charge on any atom is -0.378 e. The first-order chi connectivity index (χ1) is 10.5. The number of rotatable bonds is 2. The molecule has 2 unspecified atom stereocenters. The third kappa shape index (κ3) is 3.51. The second-order valence-corrected chi connectivity index (χ2v) is 6.38. The molecule has 0 saturated heterocycles. The zero-order valence-electron chi connectivity index (χ0n) is 13.9. The maximum Gasteiger partial charge on any atom is 0.106 e. The normalized spacial score (nSPS) is 28.9. The Balaban J connectivity index is 2.35. The number of hydrogen-bond donors (Lipinski definition) is 1. The van der Waals surface area contributed by atoms with E-state index in [4.69, 9.17) is 6.42 Å². The molecule has 1 aromatic rings. The highest BCUT2D eigenvalue weighted by Crippen LogP contribution is 2.33. The van der Waals surface area contributed by atoms with Crippen molar-refractivity contribution in [2.75, 3.05) is 25.7 Å². The van der Waals surface area contributed by atoms with E-state index in [0.717, 1.165) is 12.0 Å². The Kier molecular flexibility index (Phi) is 4.92. The van der Waals surface area contributed by atoms with Crippen LogP contribution in [0.1, 0.15) is 25.8 Å². The van der Waals surface area contributed by atoms with Crippen LogP contribution in [0.4, 0.5) is 5.69 Å². The molecule has 22 heavy (non-hydrogen) atoms. The maximum absolute atomic E-state index is 5.64. The summed E-state index contributed by atoms with van der Waals surface area (Å²) in [5.41, 5.74) is 3.35. The summed E-state index contributed by atoms with van der Waals surface area (Å²) >= 11 is 0. The van der Waals surface area contributed by atoms with Gasteiger partial charge in [0.2, 0.25) is 0 Å². The van der Waals surface area contributed by atoms with Gasteiger partial charge in [0.15, 0.2) is 0 Å². The Hall–Kier alpha value is -2.21. The number of allylic oxidation sites excluding steroid dienone is 1. The lowest BCUT2D eigenvalue weighted by Crippen LogP contribution is -2.27. The van der Waals surface area contributed by atoms with Crippen molar-refractivity contribution in [3.05, 3.63) is 41.6 Å². The van der Waals surface area contributed by atoms with Gasteiger partial charge < -0.3 is 10.2 Å². The second-order valence-electron chi connectivity index (χ2n) is 6.38. The van der Waals surface area contributed by atoms with Crippen LogP contribution in [0.3, 0.4) is 0 Å². The molecule has 0 saturated carbocycles. The monoisotopic (exact) mass is 295 g/mol. The molecule has 0 amide bonds. The summed E-state index contributed by atoms with van der Waals surface area (Å²) in [7, 11) is 4.10. The molecule has 0 bridgehead atoms. The molecule has 0 spiro atoms. The lowest BCUT2D eigenvalue weighted by atomic mass is 9.75. The molecule has 0 aliphatic carbocycles. The average Bonchev–Trinajstić information content (AvgIpc) is 2.57. The van der Waals surface area contributed by atoms with Crippen molar-refractivity contribution in [2.45, 2.75) is 25.7 Å². The molecule has 1 heterocycles. The van der Waals surface area contributed by atoms with Crippen molar-refractivity contribution in [1.82, 2.24) is 5.32 Å².